The number of benzene rings is 2. The molecule has 0 spiro atoms. The van der Waals surface area contributed by atoms with Crippen LogP contribution in [-0.4, -0.2) is 10.8 Å². The van der Waals surface area contributed by atoms with Gasteiger partial charge in [0.15, 0.2) is 0 Å². The van der Waals surface area contributed by atoms with Crippen molar-refractivity contribution in [3.8, 4) is 0 Å². The fraction of sp³-hybridized carbons (Fsp3) is 0.263. The monoisotopic (exact) mass is 325 g/mol. The molecular formula is C19H19NO2S. The van der Waals surface area contributed by atoms with Crippen LogP contribution in [0.2, 0.25) is 0 Å². The first-order chi connectivity index (χ1) is 11.1. The van der Waals surface area contributed by atoms with Crippen LogP contribution < -0.4 is 5.32 Å². The van der Waals surface area contributed by atoms with Gasteiger partial charge in [0.1, 0.15) is 11.3 Å². The maximum atomic E-state index is 12.9. The molecule has 0 saturated heterocycles. The van der Waals surface area contributed by atoms with Gasteiger partial charge in [-0.25, -0.2) is 4.21 Å². The van der Waals surface area contributed by atoms with Gasteiger partial charge in [-0.2, -0.15) is 0 Å². The summed E-state index contributed by atoms with van der Waals surface area (Å²) in [5.41, 5.74) is 3.20. The third kappa shape index (κ3) is 2.42. The Morgan fingerprint density at radius 1 is 1.17 bits per heavy atom. The van der Waals surface area contributed by atoms with Gasteiger partial charge >= 0.3 is 0 Å². The van der Waals surface area contributed by atoms with Crippen molar-refractivity contribution in [3.05, 3.63) is 59.4 Å². The van der Waals surface area contributed by atoms with E-state index in [0.717, 1.165) is 45.0 Å². The second-order valence-electron chi connectivity index (χ2n) is 6.06. The Bertz CT molecular complexity index is 899. The molecule has 2 atom stereocenters. The molecule has 0 amide bonds. The van der Waals surface area contributed by atoms with Crippen molar-refractivity contribution >= 4 is 21.8 Å². The Labute approximate surface area is 138 Å². The van der Waals surface area contributed by atoms with Crippen LogP contribution in [0.25, 0.3) is 11.0 Å². The summed E-state index contributed by atoms with van der Waals surface area (Å²) in [6.07, 6.45) is 0.908. The molecule has 1 aliphatic heterocycles. The van der Waals surface area contributed by atoms with Gasteiger partial charge in [0, 0.05) is 39.7 Å². The highest BCUT2D eigenvalue weighted by molar-refractivity contribution is 7.85. The molecule has 0 fully saturated rings. The van der Waals surface area contributed by atoms with E-state index in [-0.39, 0.29) is 6.04 Å². The van der Waals surface area contributed by atoms with Gasteiger partial charge in [0.05, 0.1) is 10.8 Å². The first-order valence-electron chi connectivity index (χ1n) is 7.91. The van der Waals surface area contributed by atoms with Crippen molar-refractivity contribution in [2.24, 2.45) is 0 Å². The lowest BCUT2D eigenvalue weighted by Gasteiger charge is -2.19. The maximum absolute atomic E-state index is 12.9. The normalized spacial score (nSPS) is 18.8. The van der Waals surface area contributed by atoms with E-state index in [9.17, 15) is 4.21 Å². The van der Waals surface area contributed by atoms with Crippen molar-refractivity contribution < 1.29 is 8.63 Å². The average Bonchev–Trinajstić information content (AvgIpc) is 2.95. The second kappa shape index (κ2) is 5.62. The summed E-state index contributed by atoms with van der Waals surface area (Å²) in [4.78, 5) is 1.66. The maximum Gasteiger partial charge on any atom is 0.137 e. The topological polar surface area (TPSA) is 42.2 Å². The molecule has 0 saturated carbocycles. The molecule has 4 rings (SSSR count). The highest BCUT2D eigenvalue weighted by Crippen LogP contribution is 2.36. The molecule has 0 radical (unpaired) electrons. The van der Waals surface area contributed by atoms with Crippen LogP contribution in [-0.2, 0) is 17.2 Å². The third-order valence-corrected chi connectivity index (χ3v) is 5.84. The Morgan fingerprint density at radius 3 is 2.74 bits per heavy atom. The predicted octanol–water partition coefficient (Wildman–Crippen LogP) is 4.11. The Morgan fingerprint density at radius 2 is 1.96 bits per heavy atom. The lowest BCUT2D eigenvalue weighted by atomic mass is 9.98. The number of fused-ring (bicyclic) bond motifs is 3. The minimum absolute atomic E-state index is 0.264. The van der Waals surface area contributed by atoms with E-state index in [1.54, 1.807) is 0 Å². The van der Waals surface area contributed by atoms with E-state index in [1.165, 1.54) is 5.56 Å². The summed E-state index contributed by atoms with van der Waals surface area (Å²) in [7, 11) is -1.17. The number of rotatable bonds is 2. The van der Waals surface area contributed by atoms with Crippen LogP contribution in [0.15, 0.2) is 56.7 Å². The van der Waals surface area contributed by atoms with E-state index < -0.39 is 10.8 Å². The predicted molar refractivity (Wildman–Crippen MR) is 92.2 cm³/mol. The summed E-state index contributed by atoms with van der Waals surface area (Å²) < 4.78 is 19.0. The Hall–Kier alpha value is -1.91. The Kier molecular flexibility index (Phi) is 3.58. The first-order valence-corrected chi connectivity index (χ1v) is 9.06. The number of nitrogens with one attached hydrogen (secondary N) is 1. The molecule has 3 aromatic rings. The van der Waals surface area contributed by atoms with Gasteiger partial charge in [-0.1, -0.05) is 18.2 Å². The molecule has 3 nitrogen and oxygen atoms in total. The van der Waals surface area contributed by atoms with Crippen molar-refractivity contribution in [1.29, 1.82) is 0 Å². The molecule has 2 unspecified atom stereocenters. The minimum Gasteiger partial charge on any atom is -0.460 e. The van der Waals surface area contributed by atoms with Gasteiger partial charge in [0.25, 0.3) is 0 Å². The van der Waals surface area contributed by atoms with Crippen LogP contribution in [0, 0.1) is 6.92 Å². The lowest BCUT2D eigenvalue weighted by molar-refractivity contribution is 0.463. The van der Waals surface area contributed by atoms with Gasteiger partial charge in [0.2, 0.25) is 0 Å². The van der Waals surface area contributed by atoms with Gasteiger partial charge in [-0.15, -0.1) is 0 Å². The standard InChI is InChI=1S/C19H19NO2S/c1-12-10-15(23(21)14-6-4-3-5-7-14)11-16-18-13(2)20-9-8-17(18)22-19(12)16/h3-7,10-11,13,20H,8-9H2,1-2H3. The van der Waals surface area contributed by atoms with Crippen molar-refractivity contribution in [2.75, 3.05) is 6.54 Å². The molecule has 1 aromatic heterocycles. The zero-order chi connectivity index (χ0) is 16.0. The fourth-order valence-electron chi connectivity index (χ4n) is 3.36. The molecule has 1 aliphatic rings. The second-order valence-corrected chi connectivity index (χ2v) is 7.54. The van der Waals surface area contributed by atoms with E-state index in [0.29, 0.717) is 0 Å². The smallest absolute Gasteiger partial charge is 0.137 e. The van der Waals surface area contributed by atoms with Crippen molar-refractivity contribution in [3.63, 3.8) is 0 Å². The largest absolute Gasteiger partial charge is 0.460 e. The van der Waals surface area contributed by atoms with Crippen LogP contribution in [0.3, 0.4) is 0 Å². The molecule has 1 N–H and O–H groups in total. The molecule has 2 heterocycles. The summed E-state index contributed by atoms with van der Waals surface area (Å²) in [6, 6.07) is 13.9. The zero-order valence-corrected chi connectivity index (χ0v) is 14.1. The van der Waals surface area contributed by atoms with Gasteiger partial charge in [-0.3, -0.25) is 0 Å². The highest BCUT2D eigenvalue weighted by Gasteiger charge is 2.24. The Balaban J connectivity index is 1.90. The highest BCUT2D eigenvalue weighted by atomic mass is 32.2. The van der Waals surface area contributed by atoms with Gasteiger partial charge < -0.3 is 9.73 Å². The number of furan rings is 1. The van der Waals surface area contributed by atoms with E-state index in [1.807, 2.05) is 49.4 Å². The molecule has 2 aromatic carbocycles. The molecule has 118 valence electrons. The van der Waals surface area contributed by atoms with Crippen LogP contribution in [0.4, 0.5) is 0 Å². The van der Waals surface area contributed by atoms with Crippen molar-refractivity contribution in [2.45, 2.75) is 36.1 Å². The number of aryl methyl sites for hydroxylation is 1. The molecular weight excluding hydrogens is 306 g/mol. The van der Waals surface area contributed by atoms with Crippen LogP contribution in [0.1, 0.15) is 29.9 Å². The zero-order valence-electron chi connectivity index (χ0n) is 13.3. The molecule has 0 bridgehead atoms. The van der Waals surface area contributed by atoms with Crippen molar-refractivity contribution in [1.82, 2.24) is 5.32 Å². The van der Waals surface area contributed by atoms with Crippen LogP contribution in [0.5, 0.6) is 0 Å². The summed E-state index contributed by atoms with van der Waals surface area (Å²) in [6.45, 7) is 5.13. The SMILES string of the molecule is Cc1cc(S(=O)c2ccccc2)cc2c3c(oc12)CCNC3C. The molecule has 0 aliphatic carbocycles. The first kappa shape index (κ1) is 14.7. The molecule has 23 heavy (non-hydrogen) atoms. The summed E-state index contributed by atoms with van der Waals surface area (Å²) in [5, 5.41) is 4.58. The van der Waals surface area contributed by atoms with Gasteiger partial charge in [-0.05, 0) is 43.7 Å². The van der Waals surface area contributed by atoms with E-state index in [2.05, 4.69) is 12.2 Å². The molecule has 4 heteroatoms. The quantitative estimate of drug-likeness (QED) is 0.771. The number of hydrogen-bond acceptors (Lipinski definition) is 3. The van der Waals surface area contributed by atoms with E-state index >= 15 is 0 Å². The van der Waals surface area contributed by atoms with Crippen LogP contribution >= 0.6 is 0 Å². The number of hydrogen-bond donors (Lipinski definition) is 1. The summed E-state index contributed by atoms with van der Waals surface area (Å²) in [5.74, 6) is 1.07. The minimum atomic E-state index is -1.17. The third-order valence-electron chi connectivity index (χ3n) is 4.47. The average molecular weight is 325 g/mol. The van der Waals surface area contributed by atoms with E-state index in [4.69, 9.17) is 4.42 Å². The lowest BCUT2D eigenvalue weighted by Crippen LogP contribution is -2.26. The summed E-state index contributed by atoms with van der Waals surface area (Å²) >= 11 is 0. The fourth-order valence-corrected chi connectivity index (χ4v) is 4.54.